The maximum Gasteiger partial charge on any atom is 0.317 e. The number of hydrogen-bond acceptors (Lipinski definition) is 4. The van der Waals surface area contributed by atoms with Crippen molar-refractivity contribution in [1.82, 2.24) is 20.5 Å². The maximum atomic E-state index is 12.5. The molecule has 26 heavy (non-hydrogen) atoms. The lowest BCUT2D eigenvalue weighted by atomic mass is 9.86. The van der Waals surface area contributed by atoms with Crippen molar-refractivity contribution in [3.05, 3.63) is 23.4 Å². The Morgan fingerprint density at radius 3 is 2.85 bits per heavy atom. The first-order valence-corrected chi connectivity index (χ1v) is 9.55. The van der Waals surface area contributed by atoms with Crippen LogP contribution < -0.4 is 15.5 Å². The number of likely N-dealkylation sites (tertiary alicyclic amines) is 1. The van der Waals surface area contributed by atoms with Crippen LogP contribution in [0, 0.1) is 12.3 Å². The van der Waals surface area contributed by atoms with Gasteiger partial charge in [0, 0.05) is 56.8 Å². The summed E-state index contributed by atoms with van der Waals surface area (Å²) in [7, 11) is 0. The standard InChI is InChI=1S/C19H27N5O2/c1-14-8-15(9-16(22-14)23-5-2-3-6-23)11-20-18(26)24-7-4-19(13-24)10-17(25)21-12-19/h8-9H,2-7,10-13H2,1H3,(H,20,26)(H,21,25). The predicted octanol–water partition coefficient (Wildman–Crippen LogP) is 1.41. The molecule has 1 unspecified atom stereocenters. The number of nitrogens with zero attached hydrogens (tertiary/aromatic N) is 3. The van der Waals surface area contributed by atoms with Crippen LogP contribution in [0.1, 0.15) is 36.9 Å². The first kappa shape index (κ1) is 17.1. The third-order valence-corrected chi connectivity index (χ3v) is 5.80. The normalized spacial score (nSPS) is 25.2. The van der Waals surface area contributed by atoms with Crippen molar-refractivity contribution in [3.63, 3.8) is 0 Å². The monoisotopic (exact) mass is 357 g/mol. The maximum absolute atomic E-state index is 12.5. The van der Waals surface area contributed by atoms with Gasteiger partial charge in [-0.3, -0.25) is 4.79 Å². The molecule has 3 saturated heterocycles. The van der Waals surface area contributed by atoms with E-state index in [9.17, 15) is 9.59 Å². The second-order valence-electron chi connectivity index (χ2n) is 7.95. The van der Waals surface area contributed by atoms with Crippen molar-refractivity contribution >= 4 is 17.8 Å². The van der Waals surface area contributed by atoms with Crippen molar-refractivity contribution in [1.29, 1.82) is 0 Å². The number of urea groups is 1. The quantitative estimate of drug-likeness (QED) is 0.858. The van der Waals surface area contributed by atoms with Crippen LogP contribution in [-0.2, 0) is 11.3 Å². The van der Waals surface area contributed by atoms with Crippen molar-refractivity contribution in [2.75, 3.05) is 37.6 Å². The Morgan fingerprint density at radius 2 is 2.12 bits per heavy atom. The Balaban J connectivity index is 1.35. The Bertz CT molecular complexity index is 716. The molecule has 3 fully saturated rings. The van der Waals surface area contributed by atoms with Crippen LogP contribution in [0.4, 0.5) is 10.6 Å². The molecule has 3 aliphatic rings. The highest BCUT2D eigenvalue weighted by molar-refractivity contribution is 5.80. The van der Waals surface area contributed by atoms with E-state index in [-0.39, 0.29) is 17.4 Å². The van der Waals surface area contributed by atoms with Crippen LogP contribution in [-0.4, -0.2) is 54.5 Å². The van der Waals surface area contributed by atoms with Crippen LogP contribution in [0.5, 0.6) is 0 Å². The first-order valence-electron chi connectivity index (χ1n) is 9.55. The van der Waals surface area contributed by atoms with Crippen LogP contribution in [0.3, 0.4) is 0 Å². The average Bonchev–Trinajstić information content (AvgIpc) is 3.35. The van der Waals surface area contributed by atoms with Crippen molar-refractivity contribution in [2.45, 2.75) is 39.2 Å². The van der Waals surface area contributed by atoms with E-state index in [1.54, 1.807) is 0 Å². The van der Waals surface area contributed by atoms with Crippen molar-refractivity contribution in [3.8, 4) is 0 Å². The highest BCUT2D eigenvalue weighted by Gasteiger charge is 2.45. The number of carbonyl (C=O) groups is 2. The summed E-state index contributed by atoms with van der Waals surface area (Å²) in [5, 5.41) is 5.94. The van der Waals surface area contributed by atoms with Gasteiger partial charge in [-0.1, -0.05) is 0 Å². The Morgan fingerprint density at radius 1 is 1.31 bits per heavy atom. The lowest BCUT2D eigenvalue weighted by molar-refractivity contribution is -0.119. The highest BCUT2D eigenvalue weighted by atomic mass is 16.2. The summed E-state index contributed by atoms with van der Waals surface area (Å²) < 4.78 is 0. The van der Waals surface area contributed by atoms with Gasteiger partial charge in [-0.05, 0) is 43.9 Å². The molecule has 1 atom stereocenters. The number of rotatable bonds is 3. The molecule has 1 aromatic heterocycles. The molecule has 7 heteroatoms. The summed E-state index contributed by atoms with van der Waals surface area (Å²) in [6, 6.07) is 4.08. The third-order valence-electron chi connectivity index (χ3n) is 5.80. The summed E-state index contributed by atoms with van der Waals surface area (Å²) in [6.45, 7) is 6.69. The molecule has 4 heterocycles. The minimum absolute atomic E-state index is 0.0431. The zero-order valence-electron chi connectivity index (χ0n) is 15.4. The van der Waals surface area contributed by atoms with Crippen molar-refractivity contribution in [2.24, 2.45) is 5.41 Å². The molecule has 1 aromatic rings. The van der Waals surface area contributed by atoms with E-state index >= 15 is 0 Å². The van der Waals surface area contributed by atoms with Gasteiger partial charge in [-0.15, -0.1) is 0 Å². The summed E-state index contributed by atoms with van der Waals surface area (Å²) >= 11 is 0. The molecule has 140 valence electrons. The van der Waals surface area contributed by atoms with Crippen LogP contribution >= 0.6 is 0 Å². The minimum atomic E-state index is -0.0510. The summed E-state index contributed by atoms with van der Waals surface area (Å²) in [4.78, 5) is 32.9. The number of aryl methyl sites for hydroxylation is 1. The Labute approximate surface area is 154 Å². The molecule has 3 amide bonds. The molecule has 4 rings (SSSR count). The lowest BCUT2D eigenvalue weighted by Crippen LogP contribution is -2.40. The van der Waals surface area contributed by atoms with Gasteiger partial charge >= 0.3 is 6.03 Å². The zero-order chi connectivity index (χ0) is 18.1. The fourth-order valence-electron chi connectivity index (χ4n) is 4.37. The Kier molecular flexibility index (Phi) is 4.46. The predicted molar refractivity (Wildman–Crippen MR) is 98.9 cm³/mol. The van der Waals surface area contributed by atoms with Crippen LogP contribution in [0.25, 0.3) is 0 Å². The third kappa shape index (κ3) is 3.48. The second kappa shape index (κ2) is 6.78. The second-order valence-corrected chi connectivity index (χ2v) is 7.95. The number of amides is 3. The summed E-state index contributed by atoms with van der Waals surface area (Å²) in [5.41, 5.74) is 2.01. The molecule has 0 saturated carbocycles. The van der Waals surface area contributed by atoms with Gasteiger partial charge in [0.05, 0.1) is 0 Å². The smallest absolute Gasteiger partial charge is 0.317 e. The van der Waals surface area contributed by atoms with Crippen LogP contribution in [0.2, 0.25) is 0 Å². The van der Waals surface area contributed by atoms with Crippen molar-refractivity contribution < 1.29 is 9.59 Å². The molecule has 0 aromatic carbocycles. The fraction of sp³-hybridized carbons (Fsp3) is 0.632. The number of aromatic nitrogens is 1. The first-order chi connectivity index (χ1) is 12.5. The number of nitrogens with one attached hydrogen (secondary N) is 2. The highest BCUT2D eigenvalue weighted by Crippen LogP contribution is 2.36. The van der Waals surface area contributed by atoms with E-state index in [1.807, 2.05) is 17.9 Å². The topological polar surface area (TPSA) is 77.6 Å². The van der Waals surface area contributed by atoms with Gasteiger partial charge < -0.3 is 20.4 Å². The van der Waals surface area contributed by atoms with Crippen LogP contribution in [0.15, 0.2) is 12.1 Å². The largest absolute Gasteiger partial charge is 0.357 e. The van der Waals surface area contributed by atoms with E-state index in [0.29, 0.717) is 26.1 Å². The molecular weight excluding hydrogens is 330 g/mol. The average molecular weight is 357 g/mol. The molecule has 2 N–H and O–H groups in total. The number of hydrogen-bond donors (Lipinski definition) is 2. The Hall–Kier alpha value is -2.31. The summed E-state index contributed by atoms with van der Waals surface area (Å²) in [5.74, 6) is 1.12. The molecule has 1 spiro atoms. The van der Waals surface area contributed by atoms with E-state index < -0.39 is 0 Å². The molecule has 0 aliphatic carbocycles. The number of carbonyl (C=O) groups excluding carboxylic acids is 2. The van der Waals surface area contributed by atoms with E-state index in [4.69, 9.17) is 0 Å². The van der Waals surface area contributed by atoms with E-state index in [2.05, 4.69) is 26.6 Å². The van der Waals surface area contributed by atoms with Gasteiger partial charge in [-0.2, -0.15) is 0 Å². The molecular formula is C19H27N5O2. The SMILES string of the molecule is Cc1cc(CNC(=O)N2CCC3(CNC(=O)C3)C2)cc(N2CCCC2)n1. The van der Waals surface area contributed by atoms with Gasteiger partial charge in [0.2, 0.25) is 5.91 Å². The van der Waals surface area contributed by atoms with Gasteiger partial charge in [0.25, 0.3) is 0 Å². The fourth-order valence-corrected chi connectivity index (χ4v) is 4.37. The van der Waals surface area contributed by atoms with Gasteiger partial charge in [-0.25, -0.2) is 9.78 Å². The zero-order valence-corrected chi connectivity index (χ0v) is 15.4. The number of anilines is 1. The molecule has 3 aliphatic heterocycles. The van der Waals surface area contributed by atoms with E-state index in [0.717, 1.165) is 43.1 Å². The molecule has 7 nitrogen and oxygen atoms in total. The van der Waals surface area contributed by atoms with E-state index in [1.165, 1.54) is 12.8 Å². The van der Waals surface area contributed by atoms with Gasteiger partial charge in [0.15, 0.2) is 0 Å². The lowest BCUT2D eigenvalue weighted by Gasteiger charge is -2.22. The molecule has 0 bridgehead atoms. The molecule has 0 radical (unpaired) electrons. The van der Waals surface area contributed by atoms with Gasteiger partial charge in [0.1, 0.15) is 5.82 Å². The summed E-state index contributed by atoms with van der Waals surface area (Å²) in [6.07, 6.45) is 3.87. The number of pyridine rings is 1. The minimum Gasteiger partial charge on any atom is -0.357 e.